The first kappa shape index (κ1) is 11.0. The first-order valence-electron chi connectivity index (χ1n) is 4.88. The number of nitrogens with one attached hydrogen (secondary N) is 1. The van der Waals surface area contributed by atoms with Crippen molar-refractivity contribution in [2.24, 2.45) is 5.84 Å². The second kappa shape index (κ2) is 4.58. The van der Waals surface area contributed by atoms with Crippen LogP contribution in [0, 0.1) is 10.1 Å². The van der Waals surface area contributed by atoms with Crippen LogP contribution in [-0.2, 0) is 0 Å². The fourth-order valence-corrected chi connectivity index (χ4v) is 1.46. The van der Waals surface area contributed by atoms with Crippen LogP contribution in [0.3, 0.4) is 0 Å². The van der Waals surface area contributed by atoms with Crippen LogP contribution in [-0.4, -0.2) is 9.91 Å². The van der Waals surface area contributed by atoms with Crippen molar-refractivity contribution in [3.05, 3.63) is 52.7 Å². The van der Waals surface area contributed by atoms with Crippen molar-refractivity contribution in [2.75, 3.05) is 5.43 Å². The summed E-state index contributed by atoms with van der Waals surface area (Å²) in [6, 6.07) is 9.73. The van der Waals surface area contributed by atoms with Crippen molar-refractivity contribution in [1.29, 1.82) is 0 Å². The van der Waals surface area contributed by atoms with Crippen LogP contribution >= 0.6 is 0 Å². The number of hydrogen-bond donors (Lipinski definition) is 2. The van der Waals surface area contributed by atoms with Crippen molar-refractivity contribution in [3.8, 4) is 11.3 Å². The Morgan fingerprint density at radius 2 is 2.12 bits per heavy atom. The van der Waals surface area contributed by atoms with Gasteiger partial charge in [0.2, 0.25) is 0 Å². The van der Waals surface area contributed by atoms with Crippen molar-refractivity contribution in [3.63, 3.8) is 0 Å². The second-order valence-electron chi connectivity index (χ2n) is 3.38. The zero-order valence-corrected chi connectivity index (χ0v) is 8.83. The number of benzene rings is 1. The van der Waals surface area contributed by atoms with Gasteiger partial charge in [0, 0.05) is 23.9 Å². The maximum atomic E-state index is 10.7. The summed E-state index contributed by atoms with van der Waals surface area (Å²) in [6.07, 6.45) is 1.59. The Labute approximate surface area is 97.2 Å². The Hall–Kier alpha value is -2.47. The standard InChI is InChI=1S/C11H10N4O2/c12-14-9-4-5-13-11(7-9)8-2-1-3-10(6-8)15(16)17/h1-7H,12H2,(H,13,14). The van der Waals surface area contributed by atoms with E-state index in [1.54, 1.807) is 30.5 Å². The SMILES string of the molecule is NNc1ccnc(-c2cccc([N+](=O)[O-])c2)c1. The Morgan fingerprint density at radius 1 is 1.29 bits per heavy atom. The summed E-state index contributed by atoms with van der Waals surface area (Å²) in [5, 5.41) is 10.7. The molecule has 0 bridgehead atoms. The number of rotatable bonds is 3. The van der Waals surface area contributed by atoms with E-state index < -0.39 is 4.92 Å². The van der Waals surface area contributed by atoms with Crippen LogP contribution in [0.4, 0.5) is 11.4 Å². The van der Waals surface area contributed by atoms with Crippen LogP contribution in [0.5, 0.6) is 0 Å². The van der Waals surface area contributed by atoms with Crippen molar-refractivity contribution >= 4 is 11.4 Å². The number of pyridine rings is 1. The van der Waals surface area contributed by atoms with Crippen LogP contribution < -0.4 is 11.3 Å². The minimum Gasteiger partial charge on any atom is -0.324 e. The number of nitro groups is 1. The molecule has 2 rings (SSSR count). The number of nitrogens with two attached hydrogens (primary N) is 1. The molecule has 0 saturated heterocycles. The summed E-state index contributed by atoms with van der Waals surface area (Å²) in [5.41, 5.74) is 4.54. The van der Waals surface area contributed by atoms with E-state index in [9.17, 15) is 10.1 Å². The number of anilines is 1. The van der Waals surface area contributed by atoms with E-state index >= 15 is 0 Å². The van der Waals surface area contributed by atoms with Crippen molar-refractivity contribution in [1.82, 2.24) is 4.98 Å². The molecule has 0 aliphatic carbocycles. The Morgan fingerprint density at radius 3 is 2.82 bits per heavy atom. The van der Waals surface area contributed by atoms with E-state index in [0.29, 0.717) is 16.9 Å². The Bertz CT molecular complexity index is 557. The lowest BCUT2D eigenvalue weighted by Gasteiger charge is -2.03. The van der Waals surface area contributed by atoms with Crippen molar-refractivity contribution < 1.29 is 4.92 Å². The topological polar surface area (TPSA) is 94.1 Å². The molecule has 0 fully saturated rings. The second-order valence-corrected chi connectivity index (χ2v) is 3.38. The summed E-state index contributed by atoms with van der Waals surface area (Å²) in [6.45, 7) is 0. The highest BCUT2D eigenvalue weighted by atomic mass is 16.6. The smallest absolute Gasteiger partial charge is 0.270 e. The summed E-state index contributed by atoms with van der Waals surface area (Å²) in [5.74, 6) is 5.29. The molecule has 0 aliphatic heterocycles. The molecule has 17 heavy (non-hydrogen) atoms. The van der Waals surface area contributed by atoms with Gasteiger partial charge in [0.05, 0.1) is 16.3 Å². The Kier molecular flexibility index (Phi) is 2.97. The molecule has 1 aromatic heterocycles. The zero-order chi connectivity index (χ0) is 12.3. The average molecular weight is 230 g/mol. The number of aromatic nitrogens is 1. The van der Waals surface area contributed by atoms with Crippen LogP contribution in [0.2, 0.25) is 0 Å². The summed E-state index contributed by atoms with van der Waals surface area (Å²) >= 11 is 0. The van der Waals surface area contributed by atoms with Gasteiger partial charge >= 0.3 is 0 Å². The molecular formula is C11H10N4O2. The quantitative estimate of drug-likeness (QED) is 0.477. The summed E-state index contributed by atoms with van der Waals surface area (Å²) in [7, 11) is 0. The molecule has 0 unspecified atom stereocenters. The first-order chi connectivity index (χ1) is 8.20. The Balaban J connectivity index is 2.45. The van der Waals surface area contributed by atoms with Gasteiger partial charge in [0.25, 0.3) is 5.69 Å². The minimum atomic E-state index is -0.436. The molecule has 0 aliphatic rings. The fraction of sp³-hybridized carbons (Fsp3) is 0. The maximum Gasteiger partial charge on any atom is 0.270 e. The fourth-order valence-electron chi connectivity index (χ4n) is 1.46. The highest BCUT2D eigenvalue weighted by Crippen LogP contribution is 2.23. The normalized spacial score (nSPS) is 9.94. The van der Waals surface area contributed by atoms with Gasteiger partial charge in [-0.25, -0.2) is 0 Å². The molecule has 6 nitrogen and oxygen atoms in total. The highest BCUT2D eigenvalue weighted by Gasteiger charge is 2.07. The van der Waals surface area contributed by atoms with Gasteiger partial charge in [0.15, 0.2) is 0 Å². The molecule has 6 heteroatoms. The minimum absolute atomic E-state index is 0.0374. The molecule has 0 saturated carbocycles. The highest BCUT2D eigenvalue weighted by molar-refractivity contribution is 5.65. The van der Waals surface area contributed by atoms with E-state index in [0.717, 1.165) is 0 Å². The van der Waals surface area contributed by atoms with Gasteiger partial charge in [-0.1, -0.05) is 12.1 Å². The molecule has 0 atom stereocenters. The van der Waals surface area contributed by atoms with Gasteiger partial charge in [-0.05, 0) is 12.1 Å². The number of nitro benzene ring substituents is 1. The molecule has 2 aromatic rings. The third kappa shape index (κ3) is 2.37. The monoisotopic (exact) mass is 230 g/mol. The molecule has 0 amide bonds. The lowest BCUT2D eigenvalue weighted by Crippen LogP contribution is -2.06. The van der Waals surface area contributed by atoms with E-state index in [1.807, 2.05) is 0 Å². The molecule has 0 radical (unpaired) electrons. The average Bonchev–Trinajstić information content (AvgIpc) is 2.39. The van der Waals surface area contributed by atoms with Gasteiger partial charge in [-0.15, -0.1) is 0 Å². The number of hydrogen-bond acceptors (Lipinski definition) is 5. The van der Waals surface area contributed by atoms with E-state index in [1.165, 1.54) is 12.1 Å². The first-order valence-corrected chi connectivity index (χ1v) is 4.88. The molecule has 3 N–H and O–H groups in total. The molecule has 1 heterocycles. The van der Waals surface area contributed by atoms with E-state index in [2.05, 4.69) is 10.4 Å². The zero-order valence-electron chi connectivity index (χ0n) is 8.83. The van der Waals surface area contributed by atoms with Gasteiger partial charge in [-0.2, -0.15) is 0 Å². The van der Waals surface area contributed by atoms with Crippen LogP contribution in [0.15, 0.2) is 42.6 Å². The van der Waals surface area contributed by atoms with Gasteiger partial charge in [0.1, 0.15) is 0 Å². The van der Waals surface area contributed by atoms with Crippen molar-refractivity contribution in [2.45, 2.75) is 0 Å². The van der Waals surface area contributed by atoms with E-state index in [-0.39, 0.29) is 5.69 Å². The largest absolute Gasteiger partial charge is 0.324 e. The van der Waals surface area contributed by atoms with E-state index in [4.69, 9.17) is 5.84 Å². The molecule has 86 valence electrons. The predicted octanol–water partition coefficient (Wildman–Crippen LogP) is 1.94. The number of nitrogen functional groups attached to an aromatic ring is 1. The molecule has 1 aromatic carbocycles. The molecular weight excluding hydrogens is 220 g/mol. The lowest BCUT2D eigenvalue weighted by atomic mass is 10.1. The van der Waals surface area contributed by atoms with Gasteiger partial charge in [-0.3, -0.25) is 20.9 Å². The third-order valence-electron chi connectivity index (χ3n) is 2.28. The van der Waals surface area contributed by atoms with Gasteiger partial charge < -0.3 is 5.43 Å². The number of hydrazine groups is 1. The third-order valence-corrected chi connectivity index (χ3v) is 2.28. The lowest BCUT2D eigenvalue weighted by molar-refractivity contribution is -0.384. The summed E-state index contributed by atoms with van der Waals surface area (Å²) in [4.78, 5) is 14.4. The summed E-state index contributed by atoms with van der Waals surface area (Å²) < 4.78 is 0. The van der Waals surface area contributed by atoms with Crippen LogP contribution in [0.25, 0.3) is 11.3 Å². The maximum absolute atomic E-state index is 10.7. The number of nitrogens with zero attached hydrogens (tertiary/aromatic N) is 2. The number of non-ortho nitro benzene ring substituents is 1. The molecule has 0 spiro atoms. The van der Waals surface area contributed by atoms with Crippen LogP contribution in [0.1, 0.15) is 0 Å². The predicted molar refractivity (Wildman–Crippen MR) is 64.1 cm³/mol.